The molecule has 136 valence electrons. The monoisotopic (exact) mass is 406 g/mol. The Morgan fingerprint density at radius 1 is 1.16 bits per heavy atom. The van der Waals surface area contributed by atoms with Crippen LogP contribution in [0.2, 0.25) is 0 Å². The van der Waals surface area contributed by atoms with Crippen LogP contribution in [0.1, 0.15) is 16.7 Å². The van der Waals surface area contributed by atoms with Crippen molar-refractivity contribution < 1.29 is 9.47 Å². The van der Waals surface area contributed by atoms with Crippen LogP contribution in [0, 0.1) is 6.92 Å². The number of rotatable bonds is 9. The Labute approximate surface area is 159 Å². The zero-order chi connectivity index (χ0) is 18.2. The summed E-state index contributed by atoms with van der Waals surface area (Å²) in [7, 11) is 5.81. The van der Waals surface area contributed by atoms with Crippen LogP contribution in [-0.2, 0) is 13.2 Å². The standard InChI is InChI=1S/C20H27BrN2O2/c1-15-6-5-7-16(12-15)14-25-20-17(13-22-10-11-23(2)3)18(21)8-9-19(20)24-4/h5-9,12,22H,10-11,13-14H2,1-4H3. The molecule has 5 heteroatoms. The van der Waals surface area contributed by atoms with E-state index in [0.717, 1.165) is 46.7 Å². The maximum Gasteiger partial charge on any atom is 0.167 e. The third-order valence-corrected chi connectivity index (χ3v) is 4.63. The van der Waals surface area contributed by atoms with Gasteiger partial charge in [0.25, 0.3) is 0 Å². The Morgan fingerprint density at radius 2 is 1.96 bits per heavy atom. The van der Waals surface area contributed by atoms with Gasteiger partial charge in [-0.3, -0.25) is 0 Å². The second-order valence-electron chi connectivity index (χ2n) is 6.32. The minimum atomic E-state index is 0.513. The number of hydrogen-bond acceptors (Lipinski definition) is 4. The highest BCUT2D eigenvalue weighted by Crippen LogP contribution is 2.36. The van der Waals surface area contributed by atoms with Gasteiger partial charge in [0.05, 0.1) is 7.11 Å². The number of ether oxygens (including phenoxy) is 2. The lowest BCUT2D eigenvalue weighted by molar-refractivity contribution is 0.280. The molecule has 0 aliphatic rings. The molecule has 0 heterocycles. The van der Waals surface area contributed by atoms with Gasteiger partial charge < -0.3 is 19.7 Å². The number of likely N-dealkylation sites (N-methyl/N-ethyl adjacent to an activating group) is 1. The molecule has 0 aliphatic heterocycles. The van der Waals surface area contributed by atoms with Crippen molar-refractivity contribution in [2.24, 2.45) is 0 Å². The molecule has 0 saturated heterocycles. The molecule has 2 aromatic carbocycles. The van der Waals surface area contributed by atoms with Gasteiger partial charge in [0, 0.05) is 29.7 Å². The van der Waals surface area contributed by atoms with Crippen molar-refractivity contribution in [1.29, 1.82) is 0 Å². The smallest absolute Gasteiger partial charge is 0.167 e. The first-order valence-corrected chi connectivity index (χ1v) is 9.19. The number of aryl methyl sites for hydroxylation is 1. The van der Waals surface area contributed by atoms with Crippen LogP contribution < -0.4 is 14.8 Å². The molecule has 0 aliphatic carbocycles. The van der Waals surface area contributed by atoms with Gasteiger partial charge in [-0.2, -0.15) is 0 Å². The number of methoxy groups -OCH3 is 1. The molecule has 2 aromatic rings. The predicted octanol–water partition coefficient (Wildman–Crippen LogP) is 4.00. The highest BCUT2D eigenvalue weighted by atomic mass is 79.9. The van der Waals surface area contributed by atoms with Crippen molar-refractivity contribution in [2.45, 2.75) is 20.1 Å². The molecule has 0 bridgehead atoms. The molecular formula is C20H27BrN2O2. The van der Waals surface area contributed by atoms with E-state index in [0.29, 0.717) is 6.61 Å². The first-order valence-electron chi connectivity index (χ1n) is 8.40. The Kier molecular flexibility index (Phi) is 7.75. The van der Waals surface area contributed by atoms with Crippen LogP contribution in [-0.4, -0.2) is 39.2 Å². The summed E-state index contributed by atoms with van der Waals surface area (Å²) in [5.41, 5.74) is 3.45. The summed E-state index contributed by atoms with van der Waals surface area (Å²) in [5, 5.41) is 3.47. The van der Waals surface area contributed by atoms with Crippen LogP contribution in [0.3, 0.4) is 0 Å². The summed E-state index contributed by atoms with van der Waals surface area (Å²) in [5.74, 6) is 1.54. The zero-order valence-electron chi connectivity index (χ0n) is 15.4. The minimum Gasteiger partial charge on any atom is -0.493 e. The van der Waals surface area contributed by atoms with E-state index in [1.165, 1.54) is 5.56 Å². The molecule has 2 rings (SSSR count). The average Bonchev–Trinajstić information content (AvgIpc) is 2.58. The summed E-state index contributed by atoms with van der Waals surface area (Å²) in [4.78, 5) is 2.16. The summed E-state index contributed by atoms with van der Waals surface area (Å²) in [6, 6.07) is 12.3. The molecule has 0 amide bonds. The predicted molar refractivity (Wildman–Crippen MR) is 106 cm³/mol. The van der Waals surface area contributed by atoms with Crippen LogP contribution in [0.25, 0.3) is 0 Å². The van der Waals surface area contributed by atoms with Crippen molar-refractivity contribution in [3.8, 4) is 11.5 Å². The Balaban J connectivity index is 2.14. The van der Waals surface area contributed by atoms with E-state index in [4.69, 9.17) is 9.47 Å². The van der Waals surface area contributed by atoms with Crippen molar-refractivity contribution in [3.05, 3.63) is 57.6 Å². The molecule has 0 saturated carbocycles. The summed E-state index contributed by atoms with van der Waals surface area (Å²) in [6.07, 6.45) is 0. The first-order chi connectivity index (χ1) is 12.0. The van der Waals surface area contributed by atoms with Gasteiger partial charge in [0.2, 0.25) is 0 Å². The Morgan fingerprint density at radius 3 is 2.64 bits per heavy atom. The number of hydrogen-bond donors (Lipinski definition) is 1. The van der Waals surface area contributed by atoms with Crippen LogP contribution in [0.5, 0.6) is 11.5 Å². The normalized spacial score (nSPS) is 11.0. The molecule has 0 atom stereocenters. The summed E-state index contributed by atoms with van der Waals surface area (Å²) >= 11 is 3.64. The fraction of sp³-hybridized carbons (Fsp3) is 0.400. The van der Waals surface area contributed by atoms with E-state index in [-0.39, 0.29) is 0 Å². The number of benzene rings is 2. The van der Waals surface area contributed by atoms with E-state index in [1.54, 1.807) is 7.11 Å². The van der Waals surface area contributed by atoms with Crippen LogP contribution in [0.4, 0.5) is 0 Å². The maximum atomic E-state index is 6.15. The van der Waals surface area contributed by atoms with Gasteiger partial charge in [-0.1, -0.05) is 45.8 Å². The van der Waals surface area contributed by atoms with Gasteiger partial charge in [-0.25, -0.2) is 0 Å². The van der Waals surface area contributed by atoms with Crippen molar-refractivity contribution >= 4 is 15.9 Å². The van der Waals surface area contributed by atoms with Gasteiger partial charge in [-0.15, -0.1) is 0 Å². The molecule has 0 unspecified atom stereocenters. The van der Waals surface area contributed by atoms with E-state index in [1.807, 2.05) is 12.1 Å². The summed E-state index contributed by atoms with van der Waals surface area (Å²) in [6.45, 7) is 5.21. The van der Waals surface area contributed by atoms with Crippen molar-refractivity contribution in [1.82, 2.24) is 10.2 Å². The third kappa shape index (κ3) is 6.03. The molecular weight excluding hydrogens is 380 g/mol. The first kappa shape index (κ1) is 19.8. The van der Waals surface area contributed by atoms with E-state index >= 15 is 0 Å². The number of halogens is 1. The second-order valence-corrected chi connectivity index (χ2v) is 7.17. The molecule has 0 aromatic heterocycles. The van der Waals surface area contributed by atoms with Gasteiger partial charge in [0.1, 0.15) is 6.61 Å². The molecule has 0 radical (unpaired) electrons. The highest BCUT2D eigenvalue weighted by Gasteiger charge is 2.14. The van der Waals surface area contributed by atoms with Crippen molar-refractivity contribution in [2.75, 3.05) is 34.3 Å². The SMILES string of the molecule is COc1ccc(Br)c(CNCCN(C)C)c1OCc1cccc(C)c1. The lowest BCUT2D eigenvalue weighted by Crippen LogP contribution is -2.26. The molecule has 0 spiro atoms. The van der Waals surface area contributed by atoms with Crippen molar-refractivity contribution in [3.63, 3.8) is 0 Å². The van der Waals surface area contributed by atoms with Gasteiger partial charge in [0.15, 0.2) is 11.5 Å². The maximum absolute atomic E-state index is 6.15. The van der Waals surface area contributed by atoms with Gasteiger partial charge >= 0.3 is 0 Å². The second kappa shape index (κ2) is 9.80. The largest absolute Gasteiger partial charge is 0.493 e. The lowest BCUT2D eigenvalue weighted by Gasteiger charge is -2.18. The Hall–Kier alpha value is -1.56. The molecule has 0 fully saturated rings. The minimum absolute atomic E-state index is 0.513. The molecule has 1 N–H and O–H groups in total. The molecule has 4 nitrogen and oxygen atoms in total. The average molecular weight is 407 g/mol. The Bertz CT molecular complexity index is 689. The van der Waals surface area contributed by atoms with Gasteiger partial charge in [-0.05, 0) is 38.7 Å². The lowest BCUT2D eigenvalue weighted by atomic mass is 10.1. The van der Waals surface area contributed by atoms with E-state index < -0.39 is 0 Å². The van der Waals surface area contributed by atoms with E-state index in [9.17, 15) is 0 Å². The topological polar surface area (TPSA) is 33.7 Å². The highest BCUT2D eigenvalue weighted by molar-refractivity contribution is 9.10. The molecule has 25 heavy (non-hydrogen) atoms. The fourth-order valence-corrected chi connectivity index (χ4v) is 2.99. The summed E-state index contributed by atoms with van der Waals surface area (Å²) < 4.78 is 12.7. The van der Waals surface area contributed by atoms with Crippen LogP contribution in [0.15, 0.2) is 40.9 Å². The quantitative estimate of drug-likeness (QED) is 0.638. The van der Waals surface area contributed by atoms with Crippen LogP contribution >= 0.6 is 15.9 Å². The zero-order valence-corrected chi connectivity index (χ0v) is 17.0. The third-order valence-electron chi connectivity index (χ3n) is 3.89. The van der Waals surface area contributed by atoms with E-state index in [2.05, 4.69) is 71.4 Å². The number of nitrogens with zero attached hydrogens (tertiary/aromatic N) is 1. The fourth-order valence-electron chi connectivity index (χ4n) is 2.54. The number of nitrogens with one attached hydrogen (secondary N) is 1.